The van der Waals surface area contributed by atoms with Crippen LogP contribution in [0.3, 0.4) is 0 Å². The zero-order valence-corrected chi connectivity index (χ0v) is 13.1. The van der Waals surface area contributed by atoms with Crippen LogP contribution < -0.4 is 4.87 Å². The maximum Gasteiger partial charge on any atom is 0.308 e. The molecule has 1 fully saturated rings. The lowest BCUT2D eigenvalue weighted by atomic mass is 10.1. The number of fused-ring (bicyclic) bond motifs is 1. The summed E-state index contributed by atoms with van der Waals surface area (Å²) in [6.45, 7) is 0.0275. The molecule has 0 radical (unpaired) electrons. The molecule has 1 aliphatic carbocycles. The standard InChI is InChI=1S/C16H10F2N4OS/c17-16(18)6-10(16)8-22-12-2-1-9(5-13(12)24-15(22)23)14-11(7-19)20-3-4-21-14/h1-5,10H,6,8H2. The molecule has 2 aromatic heterocycles. The third kappa shape index (κ3) is 2.37. The second-order valence-electron chi connectivity index (χ2n) is 5.69. The summed E-state index contributed by atoms with van der Waals surface area (Å²) in [7, 11) is 0. The summed E-state index contributed by atoms with van der Waals surface area (Å²) >= 11 is 1.00. The van der Waals surface area contributed by atoms with E-state index in [0.29, 0.717) is 21.5 Å². The van der Waals surface area contributed by atoms with Crippen molar-refractivity contribution in [3.05, 3.63) is 46.0 Å². The molecule has 0 N–H and O–H groups in total. The van der Waals surface area contributed by atoms with Crippen molar-refractivity contribution >= 4 is 21.6 Å². The van der Waals surface area contributed by atoms with Crippen molar-refractivity contribution in [2.45, 2.75) is 18.9 Å². The van der Waals surface area contributed by atoms with Gasteiger partial charge in [0, 0.05) is 36.8 Å². The SMILES string of the molecule is N#Cc1nccnc1-c1ccc2c(c1)sc(=O)n2CC1CC1(F)F. The van der Waals surface area contributed by atoms with Crippen LogP contribution >= 0.6 is 11.3 Å². The molecule has 1 aliphatic rings. The minimum absolute atomic E-state index is 0.0275. The first-order valence-electron chi connectivity index (χ1n) is 7.22. The molecule has 0 amide bonds. The molecule has 4 rings (SSSR count). The summed E-state index contributed by atoms with van der Waals surface area (Å²) in [6, 6.07) is 7.16. The predicted molar refractivity (Wildman–Crippen MR) is 84.9 cm³/mol. The molecule has 1 atom stereocenters. The Labute approximate surface area is 138 Å². The Morgan fingerprint density at radius 1 is 1.38 bits per heavy atom. The fourth-order valence-electron chi connectivity index (χ4n) is 2.71. The molecular formula is C16H10F2N4OS. The second-order valence-corrected chi connectivity index (χ2v) is 6.68. The van der Waals surface area contributed by atoms with Crippen LogP contribution in [0.2, 0.25) is 0 Å². The van der Waals surface area contributed by atoms with E-state index in [0.717, 1.165) is 11.3 Å². The van der Waals surface area contributed by atoms with E-state index < -0.39 is 11.8 Å². The average Bonchev–Trinajstić information content (AvgIpc) is 3.06. The minimum Gasteiger partial charge on any atom is -0.298 e. The van der Waals surface area contributed by atoms with Crippen LogP contribution in [0, 0.1) is 17.2 Å². The quantitative estimate of drug-likeness (QED) is 0.732. The van der Waals surface area contributed by atoms with Crippen LogP contribution in [-0.4, -0.2) is 20.5 Å². The van der Waals surface area contributed by atoms with Gasteiger partial charge >= 0.3 is 4.87 Å². The van der Waals surface area contributed by atoms with Crippen molar-refractivity contribution in [3.63, 3.8) is 0 Å². The zero-order chi connectivity index (χ0) is 16.9. The Balaban J connectivity index is 1.78. The van der Waals surface area contributed by atoms with Gasteiger partial charge in [-0.25, -0.2) is 13.8 Å². The van der Waals surface area contributed by atoms with Crippen molar-refractivity contribution in [1.29, 1.82) is 5.26 Å². The van der Waals surface area contributed by atoms with E-state index in [9.17, 15) is 13.6 Å². The van der Waals surface area contributed by atoms with Crippen LogP contribution in [-0.2, 0) is 6.54 Å². The van der Waals surface area contributed by atoms with Gasteiger partial charge in [0.25, 0.3) is 5.92 Å². The van der Waals surface area contributed by atoms with E-state index in [1.165, 1.54) is 17.0 Å². The number of aromatic nitrogens is 3. The number of thiazole rings is 1. The number of halogens is 2. The molecule has 1 unspecified atom stereocenters. The van der Waals surface area contributed by atoms with E-state index in [-0.39, 0.29) is 23.5 Å². The van der Waals surface area contributed by atoms with E-state index in [2.05, 4.69) is 9.97 Å². The first-order valence-corrected chi connectivity index (χ1v) is 8.04. The molecule has 5 nitrogen and oxygen atoms in total. The van der Waals surface area contributed by atoms with E-state index >= 15 is 0 Å². The van der Waals surface area contributed by atoms with Gasteiger partial charge < -0.3 is 0 Å². The molecule has 120 valence electrons. The topological polar surface area (TPSA) is 71.6 Å². The Hall–Kier alpha value is -2.66. The molecule has 0 saturated heterocycles. The third-order valence-electron chi connectivity index (χ3n) is 4.10. The first kappa shape index (κ1) is 14.9. The molecule has 0 bridgehead atoms. The van der Waals surface area contributed by atoms with Crippen molar-refractivity contribution in [2.75, 3.05) is 0 Å². The van der Waals surface area contributed by atoms with Gasteiger partial charge in [0.05, 0.1) is 10.2 Å². The smallest absolute Gasteiger partial charge is 0.298 e. The molecule has 1 saturated carbocycles. The number of alkyl halides is 2. The molecular weight excluding hydrogens is 334 g/mol. The second kappa shape index (κ2) is 5.18. The molecule has 0 spiro atoms. The summed E-state index contributed by atoms with van der Waals surface area (Å²) in [5.74, 6) is -3.42. The van der Waals surface area contributed by atoms with Crippen LogP contribution in [0.25, 0.3) is 21.5 Å². The number of hydrogen-bond donors (Lipinski definition) is 0. The number of nitrogens with zero attached hydrogens (tertiary/aromatic N) is 4. The highest BCUT2D eigenvalue weighted by atomic mass is 32.1. The molecule has 1 aromatic carbocycles. The van der Waals surface area contributed by atoms with Crippen molar-refractivity contribution in [1.82, 2.24) is 14.5 Å². The fraction of sp³-hybridized carbons (Fsp3) is 0.250. The van der Waals surface area contributed by atoms with Crippen molar-refractivity contribution in [3.8, 4) is 17.3 Å². The lowest BCUT2D eigenvalue weighted by Crippen LogP contribution is -2.15. The highest BCUT2D eigenvalue weighted by Gasteiger charge is 2.56. The third-order valence-corrected chi connectivity index (χ3v) is 5.05. The maximum absolute atomic E-state index is 13.1. The van der Waals surface area contributed by atoms with E-state index in [1.807, 2.05) is 6.07 Å². The summed E-state index contributed by atoms with van der Waals surface area (Å²) in [5, 5.41) is 9.12. The summed E-state index contributed by atoms with van der Waals surface area (Å²) in [5.41, 5.74) is 1.92. The molecule has 8 heteroatoms. The molecule has 2 heterocycles. The zero-order valence-electron chi connectivity index (χ0n) is 12.2. The Morgan fingerprint density at radius 2 is 2.12 bits per heavy atom. The normalized spacial score (nSPS) is 18.5. The van der Waals surface area contributed by atoms with E-state index in [1.54, 1.807) is 18.2 Å². The van der Waals surface area contributed by atoms with Crippen LogP contribution in [0.1, 0.15) is 12.1 Å². The van der Waals surface area contributed by atoms with Gasteiger partial charge in [-0.15, -0.1) is 0 Å². The maximum atomic E-state index is 13.1. The summed E-state index contributed by atoms with van der Waals surface area (Å²) < 4.78 is 28.3. The van der Waals surface area contributed by atoms with Gasteiger partial charge in [-0.3, -0.25) is 14.3 Å². The Kier molecular flexibility index (Phi) is 3.21. The van der Waals surface area contributed by atoms with Crippen LogP contribution in [0.5, 0.6) is 0 Å². The lowest BCUT2D eigenvalue weighted by molar-refractivity contribution is 0.0953. The number of rotatable bonds is 3. The minimum atomic E-state index is -2.66. The van der Waals surface area contributed by atoms with Gasteiger partial charge in [-0.2, -0.15) is 5.26 Å². The van der Waals surface area contributed by atoms with Crippen LogP contribution in [0.4, 0.5) is 8.78 Å². The van der Waals surface area contributed by atoms with Crippen LogP contribution in [0.15, 0.2) is 35.4 Å². The number of nitriles is 1. The fourth-order valence-corrected chi connectivity index (χ4v) is 3.65. The highest BCUT2D eigenvalue weighted by Crippen LogP contribution is 2.49. The van der Waals surface area contributed by atoms with Gasteiger partial charge in [0.15, 0.2) is 5.69 Å². The Morgan fingerprint density at radius 3 is 2.83 bits per heavy atom. The summed E-state index contributed by atoms with van der Waals surface area (Å²) in [4.78, 5) is 20.0. The van der Waals surface area contributed by atoms with Gasteiger partial charge in [-0.05, 0) is 12.1 Å². The highest BCUT2D eigenvalue weighted by molar-refractivity contribution is 7.16. The lowest BCUT2D eigenvalue weighted by Gasteiger charge is -2.05. The van der Waals surface area contributed by atoms with Gasteiger partial charge in [0.1, 0.15) is 11.8 Å². The predicted octanol–water partition coefficient (Wildman–Crippen LogP) is 3.05. The molecule has 0 aliphatic heterocycles. The monoisotopic (exact) mass is 344 g/mol. The van der Waals surface area contributed by atoms with Gasteiger partial charge in [0.2, 0.25) is 0 Å². The van der Waals surface area contributed by atoms with Crippen molar-refractivity contribution < 1.29 is 8.78 Å². The molecule has 3 aromatic rings. The average molecular weight is 344 g/mol. The first-order chi connectivity index (χ1) is 11.5. The van der Waals surface area contributed by atoms with Gasteiger partial charge in [-0.1, -0.05) is 17.4 Å². The van der Waals surface area contributed by atoms with Crippen molar-refractivity contribution in [2.24, 2.45) is 5.92 Å². The largest absolute Gasteiger partial charge is 0.308 e. The number of hydrogen-bond acceptors (Lipinski definition) is 5. The number of benzene rings is 1. The Bertz CT molecular complexity index is 1050. The van der Waals surface area contributed by atoms with E-state index in [4.69, 9.17) is 5.26 Å². The molecule has 24 heavy (non-hydrogen) atoms. The summed E-state index contributed by atoms with van der Waals surface area (Å²) in [6.07, 6.45) is 2.76.